The molecule has 0 aromatic carbocycles. The summed E-state index contributed by atoms with van der Waals surface area (Å²) in [5.41, 5.74) is -0.453. The molecule has 1 heterocycles. The lowest BCUT2D eigenvalue weighted by Crippen LogP contribution is -1.95. The highest BCUT2D eigenvalue weighted by molar-refractivity contribution is 6.42. The fraction of sp³-hybridized carbons (Fsp3) is 0.286. The molecule has 0 aliphatic carbocycles. The van der Waals surface area contributed by atoms with Gasteiger partial charge in [-0.3, -0.25) is 0 Å². The average Bonchev–Trinajstić information content (AvgIpc) is 2.09. The Bertz CT molecular complexity index is 320. The van der Waals surface area contributed by atoms with Crippen LogP contribution in [0.1, 0.15) is 12.1 Å². The van der Waals surface area contributed by atoms with Crippen molar-refractivity contribution in [3.8, 4) is 5.88 Å². The SMILES string of the molecule is COc1nc(C(F)F)cc(Cl)c1Cl. The third kappa shape index (κ3) is 2.19. The van der Waals surface area contributed by atoms with Crippen LogP contribution in [0.3, 0.4) is 0 Å². The maximum atomic E-state index is 12.2. The third-order valence-corrected chi connectivity index (χ3v) is 2.08. The van der Waals surface area contributed by atoms with E-state index in [4.69, 9.17) is 23.2 Å². The predicted octanol–water partition coefficient (Wildman–Crippen LogP) is 3.33. The Morgan fingerprint density at radius 3 is 2.54 bits per heavy atom. The van der Waals surface area contributed by atoms with Crippen molar-refractivity contribution in [2.75, 3.05) is 7.11 Å². The molecule has 0 bridgehead atoms. The molecule has 13 heavy (non-hydrogen) atoms. The van der Waals surface area contributed by atoms with E-state index in [2.05, 4.69) is 9.72 Å². The number of ether oxygens (including phenoxy) is 1. The Labute approximate surface area is 83.4 Å². The first-order chi connectivity index (χ1) is 6.06. The van der Waals surface area contributed by atoms with Crippen molar-refractivity contribution in [1.29, 1.82) is 0 Å². The average molecular weight is 228 g/mol. The van der Waals surface area contributed by atoms with Crippen LogP contribution < -0.4 is 4.74 Å². The van der Waals surface area contributed by atoms with Crippen molar-refractivity contribution >= 4 is 23.2 Å². The number of halogens is 4. The van der Waals surface area contributed by atoms with E-state index in [1.165, 1.54) is 7.11 Å². The summed E-state index contributed by atoms with van der Waals surface area (Å²) < 4.78 is 29.0. The van der Waals surface area contributed by atoms with Crippen LogP contribution in [0.4, 0.5) is 8.78 Å². The van der Waals surface area contributed by atoms with Crippen LogP contribution in [0.5, 0.6) is 5.88 Å². The van der Waals surface area contributed by atoms with Crippen LogP contribution in [0.2, 0.25) is 10.0 Å². The van der Waals surface area contributed by atoms with Gasteiger partial charge in [-0.1, -0.05) is 23.2 Å². The van der Waals surface area contributed by atoms with E-state index in [1.54, 1.807) is 0 Å². The van der Waals surface area contributed by atoms with E-state index in [0.29, 0.717) is 0 Å². The highest BCUT2D eigenvalue weighted by Crippen LogP contribution is 2.33. The van der Waals surface area contributed by atoms with Gasteiger partial charge in [0.1, 0.15) is 10.7 Å². The zero-order valence-electron chi connectivity index (χ0n) is 6.52. The first-order valence-electron chi connectivity index (χ1n) is 3.24. The first-order valence-corrected chi connectivity index (χ1v) is 4.00. The van der Waals surface area contributed by atoms with Gasteiger partial charge in [-0.05, 0) is 6.07 Å². The Balaban J connectivity index is 3.22. The Morgan fingerprint density at radius 1 is 1.46 bits per heavy atom. The maximum Gasteiger partial charge on any atom is 0.280 e. The van der Waals surface area contributed by atoms with Gasteiger partial charge >= 0.3 is 0 Å². The maximum absolute atomic E-state index is 12.2. The molecule has 1 rings (SSSR count). The quantitative estimate of drug-likeness (QED) is 0.774. The molecule has 1 aromatic heterocycles. The largest absolute Gasteiger partial charge is 0.480 e. The summed E-state index contributed by atoms with van der Waals surface area (Å²) in [6.45, 7) is 0. The molecule has 0 saturated carbocycles. The van der Waals surface area contributed by atoms with E-state index in [1.807, 2.05) is 0 Å². The summed E-state index contributed by atoms with van der Waals surface area (Å²) in [6.07, 6.45) is -2.69. The number of methoxy groups -OCH3 is 1. The molecule has 0 aliphatic heterocycles. The van der Waals surface area contributed by atoms with Gasteiger partial charge in [-0.2, -0.15) is 0 Å². The molecular formula is C7H5Cl2F2NO. The van der Waals surface area contributed by atoms with E-state index in [9.17, 15) is 8.78 Å². The summed E-state index contributed by atoms with van der Waals surface area (Å²) >= 11 is 11.2. The second-order valence-electron chi connectivity index (χ2n) is 2.15. The lowest BCUT2D eigenvalue weighted by Gasteiger charge is -2.06. The molecule has 0 fully saturated rings. The molecule has 2 nitrogen and oxygen atoms in total. The van der Waals surface area contributed by atoms with Crippen molar-refractivity contribution in [1.82, 2.24) is 4.98 Å². The van der Waals surface area contributed by atoms with Crippen LogP contribution in [0.15, 0.2) is 6.07 Å². The van der Waals surface area contributed by atoms with Crippen molar-refractivity contribution in [3.05, 3.63) is 21.8 Å². The zero-order valence-corrected chi connectivity index (χ0v) is 8.03. The smallest absolute Gasteiger partial charge is 0.280 e. The fourth-order valence-corrected chi connectivity index (χ4v) is 1.11. The number of rotatable bonds is 2. The highest BCUT2D eigenvalue weighted by atomic mass is 35.5. The fourth-order valence-electron chi connectivity index (χ4n) is 0.741. The molecule has 0 N–H and O–H groups in total. The number of hydrogen-bond donors (Lipinski definition) is 0. The van der Waals surface area contributed by atoms with Gasteiger partial charge in [0, 0.05) is 0 Å². The van der Waals surface area contributed by atoms with Crippen molar-refractivity contribution < 1.29 is 13.5 Å². The minimum Gasteiger partial charge on any atom is -0.480 e. The van der Waals surface area contributed by atoms with Gasteiger partial charge in [0.15, 0.2) is 0 Å². The van der Waals surface area contributed by atoms with Crippen LogP contribution in [0, 0.1) is 0 Å². The molecule has 1 aromatic rings. The molecule has 0 amide bonds. The van der Waals surface area contributed by atoms with E-state index in [-0.39, 0.29) is 15.9 Å². The lowest BCUT2D eigenvalue weighted by atomic mass is 10.3. The van der Waals surface area contributed by atoms with Gasteiger partial charge in [-0.15, -0.1) is 0 Å². The number of aromatic nitrogens is 1. The molecule has 0 unspecified atom stereocenters. The molecule has 0 radical (unpaired) electrons. The Hall–Kier alpha value is -0.610. The number of nitrogens with zero attached hydrogens (tertiary/aromatic N) is 1. The molecule has 6 heteroatoms. The normalized spacial score (nSPS) is 10.6. The number of pyridine rings is 1. The predicted molar refractivity (Wildman–Crippen MR) is 45.8 cm³/mol. The summed E-state index contributed by atoms with van der Waals surface area (Å²) in [5.74, 6) is -0.0931. The standard InChI is InChI=1S/C7H5Cl2F2NO/c1-13-7-5(9)3(8)2-4(12-7)6(10)11/h2,6H,1H3. The zero-order chi connectivity index (χ0) is 10.0. The summed E-state index contributed by atoms with van der Waals surface area (Å²) in [4.78, 5) is 3.46. The van der Waals surface area contributed by atoms with Gasteiger partial charge in [0.25, 0.3) is 6.43 Å². The van der Waals surface area contributed by atoms with Crippen LogP contribution >= 0.6 is 23.2 Å². The van der Waals surface area contributed by atoms with Crippen LogP contribution in [-0.2, 0) is 0 Å². The molecule has 0 saturated heterocycles. The molecule has 0 spiro atoms. The topological polar surface area (TPSA) is 22.1 Å². The monoisotopic (exact) mass is 227 g/mol. The van der Waals surface area contributed by atoms with Crippen LogP contribution in [-0.4, -0.2) is 12.1 Å². The van der Waals surface area contributed by atoms with Crippen molar-refractivity contribution in [3.63, 3.8) is 0 Å². The molecular weight excluding hydrogens is 223 g/mol. The van der Waals surface area contributed by atoms with Gasteiger partial charge < -0.3 is 4.74 Å². The molecule has 0 aliphatic rings. The Kier molecular flexibility index (Phi) is 3.27. The van der Waals surface area contributed by atoms with E-state index in [0.717, 1.165) is 6.07 Å². The number of alkyl halides is 2. The van der Waals surface area contributed by atoms with E-state index < -0.39 is 12.1 Å². The minimum absolute atomic E-state index is 0.00353. The van der Waals surface area contributed by atoms with Crippen molar-refractivity contribution in [2.24, 2.45) is 0 Å². The second kappa shape index (κ2) is 4.07. The number of hydrogen-bond acceptors (Lipinski definition) is 2. The molecule has 0 atom stereocenters. The third-order valence-electron chi connectivity index (χ3n) is 1.32. The first kappa shape index (κ1) is 10.5. The van der Waals surface area contributed by atoms with Gasteiger partial charge in [0.05, 0.1) is 12.1 Å². The second-order valence-corrected chi connectivity index (χ2v) is 2.94. The van der Waals surface area contributed by atoms with Gasteiger partial charge in [0.2, 0.25) is 5.88 Å². The summed E-state index contributed by atoms with van der Waals surface area (Å²) in [5, 5.41) is 0.0392. The lowest BCUT2D eigenvalue weighted by molar-refractivity contribution is 0.145. The van der Waals surface area contributed by atoms with Crippen LogP contribution in [0.25, 0.3) is 0 Å². The highest BCUT2D eigenvalue weighted by Gasteiger charge is 2.15. The Morgan fingerprint density at radius 2 is 2.08 bits per heavy atom. The minimum atomic E-state index is -2.69. The van der Waals surface area contributed by atoms with Crippen molar-refractivity contribution in [2.45, 2.75) is 6.43 Å². The summed E-state index contributed by atoms with van der Waals surface area (Å²) in [6, 6.07) is 1.01. The van der Waals surface area contributed by atoms with Gasteiger partial charge in [-0.25, -0.2) is 13.8 Å². The van der Waals surface area contributed by atoms with E-state index >= 15 is 0 Å². The summed E-state index contributed by atoms with van der Waals surface area (Å²) in [7, 11) is 1.28. The molecule has 72 valence electrons.